The van der Waals surface area contributed by atoms with Crippen molar-refractivity contribution in [3.05, 3.63) is 63.9 Å². The highest BCUT2D eigenvalue weighted by molar-refractivity contribution is 9.10. The lowest BCUT2D eigenvalue weighted by atomic mass is 10.2. The number of hydrogen-bond donors (Lipinski definition) is 1. The molecule has 0 aliphatic rings. The highest BCUT2D eigenvalue weighted by atomic mass is 79.9. The van der Waals surface area contributed by atoms with E-state index in [9.17, 15) is 4.39 Å². The summed E-state index contributed by atoms with van der Waals surface area (Å²) in [6.07, 6.45) is 0. The van der Waals surface area contributed by atoms with Crippen molar-refractivity contribution in [2.75, 3.05) is 5.32 Å². The standard InChI is InChI=1S/C14H13BrFN/c1-10-4-2-7-13(14(10)15)17-9-11-5-3-6-12(16)8-11/h2-8,17H,9H2,1H3. The molecule has 0 aromatic heterocycles. The van der Waals surface area contributed by atoms with E-state index in [-0.39, 0.29) is 5.82 Å². The number of hydrogen-bond acceptors (Lipinski definition) is 1. The van der Waals surface area contributed by atoms with Crippen molar-refractivity contribution in [1.29, 1.82) is 0 Å². The monoisotopic (exact) mass is 293 g/mol. The summed E-state index contributed by atoms with van der Waals surface area (Å²) >= 11 is 3.53. The summed E-state index contributed by atoms with van der Waals surface area (Å²) in [4.78, 5) is 0. The van der Waals surface area contributed by atoms with Gasteiger partial charge in [-0.15, -0.1) is 0 Å². The summed E-state index contributed by atoms with van der Waals surface area (Å²) in [5.74, 6) is -0.201. The number of anilines is 1. The van der Waals surface area contributed by atoms with Crippen molar-refractivity contribution in [3.63, 3.8) is 0 Å². The Morgan fingerprint density at radius 1 is 1.18 bits per heavy atom. The van der Waals surface area contributed by atoms with Crippen LogP contribution in [-0.4, -0.2) is 0 Å². The molecule has 0 aliphatic carbocycles. The summed E-state index contributed by atoms with van der Waals surface area (Å²) in [6, 6.07) is 12.6. The number of rotatable bonds is 3. The molecule has 0 atom stereocenters. The molecule has 17 heavy (non-hydrogen) atoms. The second kappa shape index (κ2) is 5.32. The molecule has 0 unspecified atom stereocenters. The molecule has 0 spiro atoms. The summed E-state index contributed by atoms with van der Waals surface area (Å²) in [5, 5.41) is 3.28. The quantitative estimate of drug-likeness (QED) is 0.878. The summed E-state index contributed by atoms with van der Waals surface area (Å²) in [5.41, 5.74) is 3.13. The van der Waals surface area contributed by atoms with E-state index < -0.39 is 0 Å². The van der Waals surface area contributed by atoms with Crippen LogP contribution in [-0.2, 0) is 6.54 Å². The Labute approximate surface area is 109 Å². The summed E-state index contributed by atoms with van der Waals surface area (Å²) in [6.45, 7) is 2.65. The molecule has 0 saturated carbocycles. The zero-order chi connectivity index (χ0) is 12.3. The van der Waals surface area contributed by atoms with Crippen LogP contribution in [0.3, 0.4) is 0 Å². The molecule has 2 rings (SSSR count). The SMILES string of the molecule is Cc1cccc(NCc2cccc(F)c2)c1Br. The highest BCUT2D eigenvalue weighted by Crippen LogP contribution is 2.26. The van der Waals surface area contributed by atoms with Crippen LogP contribution in [0.2, 0.25) is 0 Å². The average Bonchev–Trinajstić information content (AvgIpc) is 2.31. The van der Waals surface area contributed by atoms with Crippen LogP contribution in [0, 0.1) is 12.7 Å². The lowest BCUT2D eigenvalue weighted by Crippen LogP contribution is -2.00. The summed E-state index contributed by atoms with van der Waals surface area (Å²) < 4.78 is 14.1. The van der Waals surface area contributed by atoms with Gasteiger partial charge in [0.15, 0.2) is 0 Å². The lowest BCUT2D eigenvalue weighted by molar-refractivity contribution is 0.626. The van der Waals surface area contributed by atoms with Crippen molar-refractivity contribution in [2.24, 2.45) is 0 Å². The van der Waals surface area contributed by atoms with E-state index in [4.69, 9.17) is 0 Å². The Balaban J connectivity index is 2.10. The third-order valence-corrected chi connectivity index (χ3v) is 3.62. The smallest absolute Gasteiger partial charge is 0.123 e. The van der Waals surface area contributed by atoms with E-state index in [1.165, 1.54) is 17.7 Å². The Kier molecular flexibility index (Phi) is 3.79. The molecule has 0 radical (unpaired) electrons. The normalized spacial score (nSPS) is 10.3. The maximum atomic E-state index is 13.0. The van der Waals surface area contributed by atoms with E-state index in [0.29, 0.717) is 6.54 Å². The number of nitrogens with one attached hydrogen (secondary N) is 1. The van der Waals surface area contributed by atoms with E-state index >= 15 is 0 Å². The summed E-state index contributed by atoms with van der Waals surface area (Å²) in [7, 11) is 0. The molecule has 0 aliphatic heterocycles. The lowest BCUT2D eigenvalue weighted by Gasteiger charge is -2.10. The fourth-order valence-electron chi connectivity index (χ4n) is 1.63. The Morgan fingerprint density at radius 3 is 2.71 bits per heavy atom. The van der Waals surface area contributed by atoms with Gasteiger partial charge in [-0.25, -0.2) is 4.39 Å². The zero-order valence-electron chi connectivity index (χ0n) is 9.50. The molecule has 1 nitrogen and oxygen atoms in total. The molecule has 0 fully saturated rings. The predicted octanol–water partition coefficient (Wildman–Crippen LogP) is 4.51. The second-order valence-corrected chi connectivity index (χ2v) is 4.71. The van der Waals surface area contributed by atoms with Crippen LogP contribution in [0.1, 0.15) is 11.1 Å². The van der Waals surface area contributed by atoms with Crippen molar-refractivity contribution in [2.45, 2.75) is 13.5 Å². The van der Waals surface area contributed by atoms with Crippen LogP contribution >= 0.6 is 15.9 Å². The molecule has 2 aromatic rings. The first-order chi connectivity index (χ1) is 8.16. The van der Waals surface area contributed by atoms with Gasteiger partial charge in [0.1, 0.15) is 5.82 Å². The van der Waals surface area contributed by atoms with Crippen molar-refractivity contribution < 1.29 is 4.39 Å². The van der Waals surface area contributed by atoms with Crippen LogP contribution in [0.25, 0.3) is 0 Å². The molecule has 1 N–H and O–H groups in total. The minimum absolute atomic E-state index is 0.201. The molecule has 88 valence electrons. The maximum absolute atomic E-state index is 13.0. The van der Waals surface area contributed by atoms with Crippen LogP contribution in [0.5, 0.6) is 0 Å². The van der Waals surface area contributed by atoms with Gasteiger partial charge >= 0.3 is 0 Å². The van der Waals surface area contributed by atoms with Gasteiger partial charge in [-0.1, -0.05) is 24.3 Å². The van der Waals surface area contributed by atoms with Gasteiger partial charge in [-0.05, 0) is 52.2 Å². The number of benzene rings is 2. The van der Waals surface area contributed by atoms with E-state index in [0.717, 1.165) is 15.7 Å². The third kappa shape index (κ3) is 3.07. The third-order valence-electron chi connectivity index (χ3n) is 2.56. The van der Waals surface area contributed by atoms with E-state index in [1.54, 1.807) is 6.07 Å². The Bertz CT molecular complexity index is 525. The van der Waals surface area contributed by atoms with Gasteiger partial charge < -0.3 is 5.32 Å². The fourth-order valence-corrected chi connectivity index (χ4v) is 2.03. The van der Waals surface area contributed by atoms with Gasteiger partial charge in [0.25, 0.3) is 0 Å². The zero-order valence-corrected chi connectivity index (χ0v) is 11.1. The van der Waals surface area contributed by atoms with Gasteiger partial charge in [0.05, 0.1) is 0 Å². The molecule has 0 heterocycles. The minimum atomic E-state index is -0.201. The van der Waals surface area contributed by atoms with E-state index in [1.807, 2.05) is 31.2 Å². The minimum Gasteiger partial charge on any atom is -0.380 e. The van der Waals surface area contributed by atoms with Gasteiger partial charge in [0.2, 0.25) is 0 Å². The van der Waals surface area contributed by atoms with Crippen LogP contribution in [0.4, 0.5) is 10.1 Å². The van der Waals surface area contributed by atoms with Gasteiger partial charge in [-0.2, -0.15) is 0 Å². The first-order valence-electron chi connectivity index (χ1n) is 5.40. The molecule has 0 bridgehead atoms. The maximum Gasteiger partial charge on any atom is 0.123 e. The van der Waals surface area contributed by atoms with Crippen molar-refractivity contribution in [3.8, 4) is 0 Å². The van der Waals surface area contributed by atoms with E-state index in [2.05, 4.69) is 21.2 Å². The van der Waals surface area contributed by atoms with Gasteiger partial charge in [0, 0.05) is 16.7 Å². The number of halogens is 2. The largest absolute Gasteiger partial charge is 0.380 e. The first-order valence-corrected chi connectivity index (χ1v) is 6.19. The first kappa shape index (κ1) is 12.1. The molecular weight excluding hydrogens is 281 g/mol. The molecule has 0 amide bonds. The van der Waals surface area contributed by atoms with Crippen molar-refractivity contribution in [1.82, 2.24) is 0 Å². The molecular formula is C14H13BrFN. The highest BCUT2D eigenvalue weighted by Gasteiger charge is 2.02. The van der Waals surface area contributed by atoms with Crippen LogP contribution in [0.15, 0.2) is 46.9 Å². The Hall–Kier alpha value is -1.35. The van der Waals surface area contributed by atoms with Gasteiger partial charge in [-0.3, -0.25) is 0 Å². The Morgan fingerprint density at radius 2 is 1.94 bits per heavy atom. The fraction of sp³-hybridized carbons (Fsp3) is 0.143. The second-order valence-electron chi connectivity index (χ2n) is 3.92. The molecule has 0 saturated heterocycles. The van der Waals surface area contributed by atoms with Crippen molar-refractivity contribution >= 4 is 21.6 Å². The average molecular weight is 294 g/mol. The van der Waals surface area contributed by atoms with Crippen LogP contribution < -0.4 is 5.32 Å². The topological polar surface area (TPSA) is 12.0 Å². The predicted molar refractivity (Wildman–Crippen MR) is 72.6 cm³/mol. The molecule has 2 aromatic carbocycles. The molecule has 3 heteroatoms. The number of aryl methyl sites for hydroxylation is 1.